The molecule has 9 heteroatoms. The number of halogens is 3. The number of carboxylic acid groups (broad SMARTS) is 1. The molecule has 2 bridgehead atoms. The van der Waals surface area contributed by atoms with Gasteiger partial charge in [-0.1, -0.05) is 61.7 Å². The molecule has 35 heavy (non-hydrogen) atoms. The summed E-state index contributed by atoms with van der Waals surface area (Å²) >= 11 is 13.7. The Bertz CT molecular complexity index is 1410. The van der Waals surface area contributed by atoms with Crippen LogP contribution in [0.5, 0.6) is 0 Å². The van der Waals surface area contributed by atoms with Gasteiger partial charge < -0.3 is 5.11 Å². The Morgan fingerprint density at radius 3 is 2.20 bits per heavy atom. The van der Waals surface area contributed by atoms with Gasteiger partial charge in [-0.3, -0.25) is 14.5 Å². The van der Waals surface area contributed by atoms with Gasteiger partial charge in [0.15, 0.2) is 0 Å². The largest absolute Gasteiger partial charge is 0.478 e. The lowest BCUT2D eigenvalue weighted by Crippen LogP contribution is -2.37. The van der Waals surface area contributed by atoms with Crippen molar-refractivity contribution >= 4 is 77.8 Å². The summed E-state index contributed by atoms with van der Waals surface area (Å²) in [6.45, 7) is 1.81. The Morgan fingerprint density at radius 1 is 1.03 bits per heavy atom. The number of hydrogen-bond donors (Lipinski definition) is 1. The van der Waals surface area contributed by atoms with E-state index in [9.17, 15) is 19.5 Å². The second-order valence-electron chi connectivity index (χ2n) is 9.49. The van der Waals surface area contributed by atoms with Gasteiger partial charge in [-0.25, -0.2) is 9.78 Å². The van der Waals surface area contributed by atoms with Gasteiger partial charge in [-0.05, 0) is 55.0 Å². The van der Waals surface area contributed by atoms with Crippen molar-refractivity contribution in [2.45, 2.75) is 23.0 Å². The van der Waals surface area contributed by atoms with Crippen molar-refractivity contribution in [2.75, 3.05) is 4.90 Å². The molecule has 0 radical (unpaired) electrons. The monoisotopic (exact) mass is 616 g/mol. The second-order valence-corrected chi connectivity index (χ2v) is 12.0. The molecule has 1 N–H and O–H groups in total. The summed E-state index contributed by atoms with van der Waals surface area (Å²) in [6, 6.07) is 11.8. The third kappa shape index (κ3) is 3.26. The molecule has 1 aliphatic heterocycles. The lowest BCUT2D eigenvalue weighted by molar-refractivity contribution is -0.123. The van der Waals surface area contributed by atoms with Crippen LogP contribution < -0.4 is 4.90 Å². The third-order valence-corrected chi connectivity index (χ3v) is 11.4. The van der Waals surface area contributed by atoms with Gasteiger partial charge in [-0.2, -0.15) is 0 Å². The quantitative estimate of drug-likeness (QED) is 0.294. The minimum atomic E-state index is -1.05. The molecular formula is C26H19Br2ClN2O4. The van der Waals surface area contributed by atoms with Crippen LogP contribution in [-0.4, -0.2) is 37.5 Å². The first-order valence-corrected chi connectivity index (χ1v) is 13.5. The minimum absolute atomic E-state index is 0.133. The highest BCUT2D eigenvalue weighted by Crippen LogP contribution is 2.60. The molecule has 2 heterocycles. The summed E-state index contributed by atoms with van der Waals surface area (Å²) < 4.78 is 0. The molecule has 6 nitrogen and oxygen atoms in total. The number of hydrogen-bond acceptors (Lipinski definition) is 4. The average molecular weight is 619 g/mol. The summed E-state index contributed by atoms with van der Waals surface area (Å²) in [4.78, 5) is 45.0. The fourth-order valence-corrected chi connectivity index (χ4v) is 8.14. The Morgan fingerprint density at radius 2 is 1.63 bits per heavy atom. The summed E-state index contributed by atoms with van der Waals surface area (Å²) in [7, 11) is 0. The molecule has 1 aromatic heterocycles. The summed E-state index contributed by atoms with van der Waals surface area (Å²) in [5.41, 5.74) is 3.04. The van der Waals surface area contributed by atoms with E-state index < -0.39 is 5.97 Å². The third-order valence-electron chi connectivity index (χ3n) is 7.81. The molecule has 3 aromatic rings. The summed E-state index contributed by atoms with van der Waals surface area (Å²) in [6.07, 6.45) is 0.883. The zero-order valence-corrected chi connectivity index (χ0v) is 22.3. The standard InChI is InChI=1S/C26H19Br2ClN2O4/c1-10-17(29)7-6-13-14(26(34)35)9-18(30-23(10)13)11-2-4-12(5-3-11)31-24(32)19-15-8-16(20(19)25(31)33)22(28)21(15)27/h2-7,9,15-16,19-22H,8H2,1H3,(H,34,35). The topological polar surface area (TPSA) is 87.6 Å². The first-order valence-electron chi connectivity index (χ1n) is 11.3. The van der Waals surface area contributed by atoms with E-state index in [0.717, 1.165) is 6.42 Å². The number of carboxylic acids is 1. The van der Waals surface area contributed by atoms with E-state index in [1.807, 2.05) is 0 Å². The first-order chi connectivity index (χ1) is 16.7. The SMILES string of the molecule is Cc1c(Cl)ccc2c(C(=O)O)cc(-c3ccc(N4C(=O)C5C6CC(C(Br)C6Br)C5C4=O)cc3)nc12. The van der Waals surface area contributed by atoms with Gasteiger partial charge >= 0.3 is 5.97 Å². The van der Waals surface area contributed by atoms with E-state index in [1.165, 1.54) is 11.0 Å². The Kier molecular flexibility index (Phi) is 5.36. The molecule has 3 aliphatic rings. The van der Waals surface area contributed by atoms with Gasteiger partial charge in [0.05, 0.1) is 34.3 Å². The molecular weight excluding hydrogens is 600 g/mol. The van der Waals surface area contributed by atoms with Gasteiger partial charge in [0.1, 0.15) is 0 Å². The highest BCUT2D eigenvalue weighted by atomic mass is 79.9. The predicted octanol–water partition coefficient (Wildman–Crippen LogP) is 5.84. The fraction of sp³-hybridized carbons (Fsp3) is 0.308. The second kappa shape index (κ2) is 8.11. The van der Waals surface area contributed by atoms with Gasteiger partial charge in [-0.15, -0.1) is 0 Å². The van der Waals surface area contributed by atoms with Crippen LogP contribution in [-0.2, 0) is 9.59 Å². The molecule has 178 valence electrons. The number of carbonyl (C=O) groups is 3. The van der Waals surface area contributed by atoms with Gasteiger partial charge in [0.2, 0.25) is 11.8 Å². The van der Waals surface area contributed by atoms with E-state index in [0.29, 0.717) is 38.4 Å². The number of fused-ring (bicyclic) bond motifs is 6. The van der Waals surface area contributed by atoms with Crippen molar-refractivity contribution in [1.29, 1.82) is 0 Å². The van der Waals surface area contributed by atoms with Crippen LogP contribution in [0.2, 0.25) is 5.02 Å². The number of amides is 2. The van der Waals surface area contributed by atoms with Crippen molar-refractivity contribution in [3.63, 3.8) is 0 Å². The molecule has 6 rings (SSSR count). The lowest BCUT2D eigenvalue weighted by Gasteiger charge is -2.28. The molecule has 2 saturated carbocycles. The Balaban J connectivity index is 1.37. The number of anilines is 1. The summed E-state index contributed by atoms with van der Waals surface area (Å²) in [5, 5.41) is 10.8. The smallest absolute Gasteiger partial charge is 0.336 e. The van der Waals surface area contributed by atoms with Crippen molar-refractivity contribution in [1.82, 2.24) is 4.98 Å². The van der Waals surface area contributed by atoms with E-state index in [2.05, 4.69) is 31.9 Å². The van der Waals surface area contributed by atoms with Crippen LogP contribution in [0, 0.1) is 30.6 Å². The number of nitrogens with zero attached hydrogens (tertiary/aromatic N) is 2. The van der Waals surface area contributed by atoms with Crippen LogP contribution in [0.1, 0.15) is 22.3 Å². The highest BCUT2D eigenvalue weighted by Gasteiger charge is 2.66. The number of aromatic nitrogens is 1. The van der Waals surface area contributed by atoms with Crippen molar-refractivity contribution in [3.05, 3.63) is 58.6 Å². The minimum Gasteiger partial charge on any atom is -0.478 e. The van der Waals surface area contributed by atoms with Crippen molar-refractivity contribution < 1.29 is 19.5 Å². The number of rotatable bonds is 3. The van der Waals surface area contributed by atoms with Crippen LogP contribution >= 0.6 is 43.5 Å². The maximum Gasteiger partial charge on any atom is 0.336 e. The van der Waals surface area contributed by atoms with E-state index >= 15 is 0 Å². The number of aromatic carboxylic acids is 1. The lowest BCUT2D eigenvalue weighted by atomic mass is 9.81. The Labute approximate surface area is 222 Å². The van der Waals surface area contributed by atoms with Crippen LogP contribution in [0.15, 0.2) is 42.5 Å². The number of carbonyl (C=O) groups excluding carboxylic acids is 2. The number of aryl methyl sites for hydroxylation is 1. The van der Waals surface area contributed by atoms with Crippen LogP contribution in [0.25, 0.3) is 22.2 Å². The molecule has 6 unspecified atom stereocenters. The molecule has 2 aromatic carbocycles. The number of benzene rings is 2. The van der Waals surface area contributed by atoms with E-state index in [1.54, 1.807) is 43.3 Å². The van der Waals surface area contributed by atoms with E-state index in [-0.39, 0.29) is 50.7 Å². The molecule has 1 saturated heterocycles. The number of pyridine rings is 1. The average Bonchev–Trinajstić information content (AvgIpc) is 3.45. The predicted molar refractivity (Wildman–Crippen MR) is 140 cm³/mol. The zero-order valence-electron chi connectivity index (χ0n) is 18.4. The Hall–Kier alpha value is -2.29. The fourth-order valence-electron chi connectivity index (χ4n) is 6.11. The molecule has 0 spiro atoms. The van der Waals surface area contributed by atoms with Crippen LogP contribution in [0.4, 0.5) is 5.69 Å². The van der Waals surface area contributed by atoms with E-state index in [4.69, 9.17) is 16.6 Å². The molecule has 3 fully saturated rings. The highest BCUT2D eigenvalue weighted by molar-refractivity contribution is 9.12. The normalized spacial score (nSPS) is 29.3. The van der Waals surface area contributed by atoms with Gasteiger partial charge in [0.25, 0.3) is 0 Å². The zero-order chi connectivity index (χ0) is 24.8. The number of alkyl halides is 2. The number of imide groups is 1. The van der Waals surface area contributed by atoms with Crippen molar-refractivity contribution in [2.24, 2.45) is 23.7 Å². The van der Waals surface area contributed by atoms with Crippen molar-refractivity contribution in [3.8, 4) is 11.3 Å². The first kappa shape index (κ1) is 23.1. The van der Waals surface area contributed by atoms with Gasteiger partial charge in [0, 0.05) is 25.6 Å². The maximum absolute atomic E-state index is 13.3. The summed E-state index contributed by atoms with van der Waals surface area (Å²) in [5.74, 6) is -1.57. The molecule has 6 atom stereocenters. The van der Waals surface area contributed by atoms with Crippen LogP contribution in [0.3, 0.4) is 0 Å². The maximum atomic E-state index is 13.3. The molecule has 2 aliphatic carbocycles. The molecule has 2 amide bonds.